The number of carbonyl (C=O) groups is 1. The lowest BCUT2D eigenvalue weighted by Crippen LogP contribution is -2.48. The first kappa shape index (κ1) is 12.4. The van der Waals surface area contributed by atoms with Gasteiger partial charge in [-0.15, -0.1) is 11.8 Å². The van der Waals surface area contributed by atoms with Crippen LogP contribution < -0.4 is 10.6 Å². The first-order chi connectivity index (χ1) is 8.29. The second-order valence-corrected chi connectivity index (χ2v) is 4.68. The molecule has 0 spiro atoms. The van der Waals surface area contributed by atoms with E-state index >= 15 is 0 Å². The predicted molar refractivity (Wildman–Crippen MR) is 69.5 cm³/mol. The average molecular weight is 252 g/mol. The average Bonchev–Trinajstić information content (AvgIpc) is 2.40. The fourth-order valence-electron chi connectivity index (χ4n) is 1.66. The summed E-state index contributed by atoms with van der Waals surface area (Å²) in [5.74, 6) is -0.0389. The molecule has 1 amide bonds. The molecular weight excluding hydrogens is 236 g/mol. The molecule has 1 aromatic carbocycles. The van der Waals surface area contributed by atoms with Crippen molar-refractivity contribution in [2.45, 2.75) is 10.9 Å². The Kier molecular flexibility index (Phi) is 4.42. The van der Waals surface area contributed by atoms with E-state index in [0.29, 0.717) is 13.2 Å². The van der Waals surface area contributed by atoms with Gasteiger partial charge in [0.15, 0.2) is 0 Å². The van der Waals surface area contributed by atoms with E-state index < -0.39 is 0 Å². The van der Waals surface area contributed by atoms with E-state index in [1.807, 2.05) is 30.5 Å². The minimum absolute atomic E-state index is 0.0389. The van der Waals surface area contributed by atoms with Crippen LogP contribution in [0.5, 0.6) is 0 Å². The van der Waals surface area contributed by atoms with Gasteiger partial charge in [-0.3, -0.25) is 4.79 Å². The molecule has 5 heteroatoms. The lowest BCUT2D eigenvalue weighted by Gasteiger charge is -2.22. The number of nitrogens with one attached hydrogen (secondary N) is 2. The zero-order chi connectivity index (χ0) is 12.1. The highest BCUT2D eigenvalue weighted by atomic mass is 32.2. The molecule has 1 unspecified atom stereocenters. The van der Waals surface area contributed by atoms with Crippen LogP contribution in [0, 0.1) is 0 Å². The molecule has 1 aliphatic rings. The normalized spacial score (nSPS) is 19.9. The van der Waals surface area contributed by atoms with Gasteiger partial charge in [-0.2, -0.15) is 0 Å². The van der Waals surface area contributed by atoms with Gasteiger partial charge < -0.3 is 15.4 Å². The van der Waals surface area contributed by atoms with Crippen molar-refractivity contribution in [2.75, 3.05) is 31.3 Å². The monoisotopic (exact) mass is 252 g/mol. The number of carbonyl (C=O) groups excluding carboxylic acids is 1. The summed E-state index contributed by atoms with van der Waals surface area (Å²) in [6, 6.07) is 7.56. The van der Waals surface area contributed by atoms with Crippen LogP contribution in [0.2, 0.25) is 0 Å². The smallest absolute Gasteiger partial charge is 0.243 e. The van der Waals surface area contributed by atoms with Crippen molar-refractivity contribution in [3.05, 3.63) is 24.3 Å². The van der Waals surface area contributed by atoms with Crippen LogP contribution in [0.15, 0.2) is 29.2 Å². The van der Waals surface area contributed by atoms with Gasteiger partial charge in [-0.05, 0) is 24.5 Å². The molecule has 0 aliphatic carbocycles. The number of thioether (sulfide) groups is 1. The predicted octanol–water partition coefficient (Wildman–Crippen LogP) is 1.34. The zero-order valence-corrected chi connectivity index (χ0v) is 10.5. The lowest BCUT2D eigenvalue weighted by molar-refractivity contribution is -0.120. The first-order valence-electron chi connectivity index (χ1n) is 5.55. The summed E-state index contributed by atoms with van der Waals surface area (Å²) in [6.45, 7) is 1.84. The number of benzene rings is 1. The summed E-state index contributed by atoms with van der Waals surface area (Å²) in [5.41, 5.74) is 0.828. The van der Waals surface area contributed by atoms with Crippen molar-refractivity contribution in [3.8, 4) is 0 Å². The Labute approximate surface area is 105 Å². The van der Waals surface area contributed by atoms with E-state index in [1.54, 1.807) is 11.8 Å². The van der Waals surface area contributed by atoms with Gasteiger partial charge in [0.2, 0.25) is 5.91 Å². The minimum atomic E-state index is -0.248. The molecule has 0 aromatic heterocycles. The highest BCUT2D eigenvalue weighted by Crippen LogP contribution is 2.19. The van der Waals surface area contributed by atoms with Crippen molar-refractivity contribution in [2.24, 2.45) is 0 Å². The van der Waals surface area contributed by atoms with Crippen LogP contribution in [0.3, 0.4) is 0 Å². The fourth-order valence-corrected chi connectivity index (χ4v) is 2.12. The largest absolute Gasteiger partial charge is 0.378 e. The number of rotatable bonds is 3. The van der Waals surface area contributed by atoms with Crippen LogP contribution in [0.1, 0.15) is 0 Å². The molecule has 2 N–H and O–H groups in total. The lowest BCUT2D eigenvalue weighted by atomic mass is 10.2. The fraction of sp³-hybridized carbons (Fsp3) is 0.417. The van der Waals surface area contributed by atoms with E-state index in [1.165, 1.54) is 0 Å². The Balaban J connectivity index is 1.96. The van der Waals surface area contributed by atoms with Crippen LogP contribution >= 0.6 is 11.8 Å². The highest BCUT2D eigenvalue weighted by molar-refractivity contribution is 7.98. The maximum absolute atomic E-state index is 11.9. The highest BCUT2D eigenvalue weighted by Gasteiger charge is 2.20. The molecular formula is C12H16N2O2S. The van der Waals surface area contributed by atoms with Crippen LogP contribution in [0.4, 0.5) is 5.69 Å². The van der Waals surface area contributed by atoms with Crippen LogP contribution in [-0.4, -0.2) is 38.0 Å². The third-order valence-electron chi connectivity index (χ3n) is 2.58. The Morgan fingerprint density at radius 3 is 3.18 bits per heavy atom. The second-order valence-electron chi connectivity index (χ2n) is 3.80. The molecule has 17 heavy (non-hydrogen) atoms. The summed E-state index contributed by atoms with van der Waals surface area (Å²) in [6.07, 6.45) is 2.01. The Morgan fingerprint density at radius 2 is 2.47 bits per heavy atom. The molecule has 1 saturated heterocycles. The third kappa shape index (κ3) is 3.46. The zero-order valence-electron chi connectivity index (χ0n) is 9.73. The molecule has 0 bridgehead atoms. The van der Waals surface area contributed by atoms with Crippen molar-refractivity contribution in [3.63, 3.8) is 0 Å². The van der Waals surface area contributed by atoms with E-state index in [-0.39, 0.29) is 11.9 Å². The van der Waals surface area contributed by atoms with Gasteiger partial charge in [0, 0.05) is 17.1 Å². The molecule has 0 saturated carbocycles. The molecule has 1 fully saturated rings. The first-order valence-corrected chi connectivity index (χ1v) is 6.78. The number of anilines is 1. The standard InChI is InChI=1S/C12H16N2O2S/c1-17-10-4-2-3-9(7-10)14-12(15)11-8-16-6-5-13-11/h2-4,7,11,13H,5-6,8H2,1H3,(H,14,15). The minimum Gasteiger partial charge on any atom is -0.378 e. The van der Waals surface area contributed by atoms with Gasteiger partial charge in [-0.1, -0.05) is 6.07 Å². The van der Waals surface area contributed by atoms with Crippen LogP contribution in [-0.2, 0) is 9.53 Å². The molecule has 4 nitrogen and oxygen atoms in total. The molecule has 92 valence electrons. The number of morpholine rings is 1. The summed E-state index contributed by atoms with van der Waals surface area (Å²) in [7, 11) is 0. The Hall–Kier alpha value is -1.04. The molecule has 1 aromatic rings. The van der Waals surface area contributed by atoms with Crippen molar-refractivity contribution < 1.29 is 9.53 Å². The Bertz CT molecular complexity index is 392. The Morgan fingerprint density at radius 1 is 1.59 bits per heavy atom. The maximum atomic E-state index is 11.9. The van der Waals surface area contributed by atoms with Gasteiger partial charge in [-0.25, -0.2) is 0 Å². The molecule has 1 heterocycles. The van der Waals surface area contributed by atoms with E-state index in [9.17, 15) is 4.79 Å². The molecule has 1 atom stereocenters. The summed E-state index contributed by atoms with van der Waals surface area (Å²) < 4.78 is 5.26. The van der Waals surface area contributed by atoms with Gasteiger partial charge >= 0.3 is 0 Å². The van der Waals surface area contributed by atoms with E-state index in [4.69, 9.17) is 4.74 Å². The van der Waals surface area contributed by atoms with E-state index in [0.717, 1.165) is 17.1 Å². The van der Waals surface area contributed by atoms with Gasteiger partial charge in [0.25, 0.3) is 0 Å². The van der Waals surface area contributed by atoms with Crippen molar-refractivity contribution in [1.82, 2.24) is 5.32 Å². The number of hydrogen-bond acceptors (Lipinski definition) is 4. The summed E-state index contributed by atoms with van der Waals surface area (Å²) >= 11 is 1.65. The van der Waals surface area contributed by atoms with E-state index in [2.05, 4.69) is 10.6 Å². The maximum Gasteiger partial charge on any atom is 0.243 e. The topological polar surface area (TPSA) is 50.4 Å². The SMILES string of the molecule is CSc1cccc(NC(=O)C2COCCN2)c1. The number of hydrogen-bond donors (Lipinski definition) is 2. The quantitative estimate of drug-likeness (QED) is 0.797. The van der Waals surface area contributed by atoms with Gasteiger partial charge in [0.05, 0.1) is 13.2 Å². The third-order valence-corrected chi connectivity index (χ3v) is 3.30. The number of amides is 1. The van der Waals surface area contributed by atoms with Crippen molar-refractivity contribution in [1.29, 1.82) is 0 Å². The van der Waals surface area contributed by atoms with Gasteiger partial charge in [0.1, 0.15) is 6.04 Å². The second kappa shape index (κ2) is 6.05. The summed E-state index contributed by atoms with van der Waals surface area (Å²) in [5, 5.41) is 6.02. The molecule has 0 radical (unpaired) electrons. The summed E-state index contributed by atoms with van der Waals surface area (Å²) in [4.78, 5) is 13.0. The molecule has 1 aliphatic heterocycles. The number of ether oxygens (including phenoxy) is 1. The van der Waals surface area contributed by atoms with Crippen molar-refractivity contribution >= 4 is 23.4 Å². The molecule has 2 rings (SSSR count). The van der Waals surface area contributed by atoms with Crippen LogP contribution in [0.25, 0.3) is 0 Å².